The minimum absolute atomic E-state index is 0.00574. The van der Waals surface area contributed by atoms with Crippen molar-refractivity contribution in [1.82, 2.24) is 4.98 Å². The molecule has 1 aromatic rings. The zero-order valence-corrected chi connectivity index (χ0v) is 8.22. The third-order valence-corrected chi connectivity index (χ3v) is 2.91. The topological polar surface area (TPSA) is 53.4 Å². The van der Waals surface area contributed by atoms with Gasteiger partial charge in [-0.2, -0.15) is 0 Å². The molecule has 1 aliphatic carbocycles. The largest absolute Gasteiger partial charge is 0.391 e. The molecule has 0 saturated heterocycles. The van der Waals surface area contributed by atoms with Gasteiger partial charge in [-0.1, -0.05) is 6.07 Å². The summed E-state index contributed by atoms with van der Waals surface area (Å²) in [6, 6.07) is 3.95. The fourth-order valence-electron chi connectivity index (χ4n) is 2.11. The monoisotopic (exact) mass is 193 g/mol. The van der Waals surface area contributed by atoms with Gasteiger partial charge in [-0.3, -0.25) is 4.98 Å². The Morgan fingerprint density at radius 2 is 2.29 bits per heavy atom. The van der Waals surface area contributed by atoms with E-state index >= 15 is 0 Å². The summed E-state index contributed by atoms with van der Waals surface area (Å²) in [5.74, 6) is 0.00574. The van der Waals surface area contributed by atoms with Crippen molar-refractivity contribution in [2.75, 3.05) is 0 Å². The average Bonchev–Trinajstić information content (AvgIpc) is 2.60. The summed E-state index contributed by atoms with van der Waals surface area (Å²) in [6.45, 7) is 1.62. The SMILES string of the molecule is CC(O)C(O)C1CCc2cccnc21. The highest BCUT2D eigenvalue weighted by Crippen LogP contribution is 2.34. The van der Waals surface area contributed by atoms with Crippen LogP contribution in [0.4, 0.5) is 0 Å². The van der Waals surface area contributed by atoms with Gasteiger partial charge >= 0.3 is 0 Å². The number of rotatable bonds is 2. The third-order valence-electron chi connectivity index (χ3n) is 2.91. The molecule has 1 aromatic heterocycles. The zero-order valence-electron chi connectivity index (χ0n) is 8.22. The zero-order chi connectivity index (χ0) is 10.1. The van der Waals surface area contributed by atoms with Crippen LogP contribution in [0.3, 0.4) is 0 Å². The van der Waals surface area contributed by atoms with E-state index < -0.39 is 12.2 Å². The van der Waals surface area contributed by atoms with Crippen molar-refractivity contribution >= 4 is 0 Å². The summed E-state index contributed by atoms with van der Waals surface area (Å²) >= 11 is 0. The van der Waals surface area contributed by atoms with Crippen LogP contribution in [-0.4, -0.2) is 27.4 Å². The number of aliphatic hydroxyl groups is 2. The smallest absolute Gasteiger partial charge is 0.0879 e. The first-order valence-corrected chi connectivity index (χ1v) is 5.00. The van der Waals surface area contributed by atoms with Crippen LogP contribution in [0.2, 0.25) is 0 Å². The fraction of sp³-hybridized carbons (Fsp3) is 0.545. The van der Waals surface area contributed by atoms with Crippen molar-refractivity contribution in [2.24, 2.45) is 0 Å². The molecule has 0 bridgehead atoms. The molecule has 3 unspecified atom stereocenters. The number of pyridine rings is 1. The summed E-state index contributed by atoms with van der Waals surface area (Å²) in [5, 5.41) is 19.1. The molecule has 0 fully saturated rings. The van der Waals surface area contributed by atoms with Gasteiger partial charge in [0.05, 0.1) is 12.2 Å². The van der Waals surface area contributed by atoms with Gasteiger partial charge in [0.1, 0.15) is 0 Å². The lowest BCUT2D eigenvalue weighted by Gasteiger charge is -2.20. The third kappa shape index (κ3) is 1.53. The van der Waals surface area contributed by atoms with Crippen molar-refractivity contribution in [2.45, 2.75) is 37.9 Å². The lowest BCUT2D eigenvalue weighted by atomic mass is 9.96. The van der Waals surface area contributed by atoms with Crippen molar-refractivity contribution < 1.29 is 10.2 Å². The number of aryl methyl sites for hydroxylation is 1. The molecule has 0 radical (unpaired) electrons. The van der Waals surface area contributed by atoms with Gasteiger partial charge in [0.2, 0.25) is 0 Å². The molecule has 1 heterocycles. The Hall–Kier alpha value is -0.930. The number of hydrogen-bond acceptors (Lipinski definition) is 3. The van der Waals surface area contributed by atoms with Crippen LogP contribution in [0.25, 0.3) is 0 Å². The first-order valence-electron chi connectivity index (χ1n) is 5.00. The van der Waals surface area contributed by atoms with Crippen LogP contribution in [0.5, 0.6) is 0 Å². The minimum Gasteiger partial charge on any atom is -0.391 e. The van der Waals surface area contributed by atoms with Crippen LogP contribution in [0.1, 0.15) is 30.5 Å². The van der Waals surface area contributed by atoms with Gasteiger partial charge in [-0.05, 0) is 31.4 Å². The van der Waals surface area contributed by atoms with Gasteiger partial charge in [-0.15, -0.1) is 0 Å². The van der Waals surface area contributed by atoms with E-state index in [9.17, 15) is 10.2 Å². The van der Waals surface area contributed by atoms with Gasteiger partial charge in [0.15, 0.2) is 0 Å². The van der Waals surface area contributed by atoms with Gasteiger partial charge < -0.3 is 10.2 Å². The Morgan fingerprint density at radius 1 is 1.50 bits per heavy atom. The first-order chi connectivity index (χ1) is 6.70. The highest BCUT2D eigenvalue weighted by Gasteiger charge is 2.31. The molecule has 14 heavy (non-hydrogen) atoms. The molecule has 0 spiro atoms. The van der Waals surface area contributed by atoms with Crippen LogP contribution in [-0.2, 0) is 6.42 Å². The molecule has 0 saturated carbocycles. The fourth-order valence-corrected chi connectivity index (χ4v) is 2.11. The lowest BCUT2D eigenvalue weighted by Crippen LogP contribution is -2.29. The van der Waals surface area contributed by atoms with Gasteiger partial charge in [0, 0.05) is 17.8 Å². The molecular formula is C11H15NO2. The van der Waals surface area contributed by atoms with Crippen LogP contribution in [0.15, 0.2) is 18.3 Å². The summed E-state index contributed by atoms with van der Waals surface area (Å²) in [4.78, 5) is 4.27. The van der Waals surface area contributed by atoms with E-state index in [1.54, 1.807) is 13.1 Å². The second-order valence-electron chi connectivity index (χ2n) is 3.92. The number of aromatic nitrogens is 1. The Morgan fingerprint density at radius 3 is 3.00 bits per heavy atom. The highest BCUT2D eigenvalue weighted by atomic mass is 16.3. The molecule has 3 atom stereocenters. The van der Waals surface area contributed by atoms with E-state index in [0.29, 0.717) is 0 Å². The number of fused-ring (bicyclic) bond motifs is 1. The molecule has 1 aliphatic rings. The molecule has 0 amide bonds. The van der Waals surface area contributed by atoms with Crippen LogP contribution >= 0.6 is 0 Å². The summed E-state index contributed by atoms with van der Waals surface area (Å²) in [7, 11) is 0. The normalized spacial score (nSPS) is 24.4. The maximum Gasteiger partial charge on any atom is 0.0879 e. The first kappa shape index (κ1) is 9.62. The van der Waals surface area contributed by atoms with Crippen molar-refractivity contribution in [1.29, 1.82) is 0 Å². The summed E-state index contributed by atoms with van der Waals surface area (Å²) in [6.07, 6.45) is 2.21. The second-order valence-corrected chi connectivity index (χ2v) is 3.92. The lowest BCUT2D eigenvalue weighted by molar-refractivity contribution is 0.0131. The quantitative estimate of drug-likeness (QED) is 0.732. The summed E-state index contributed by atoms with van der Waals surface area (Å²) in [5.41, 5.74) is 2.16. The van der Waals surface area contributed by atoms with Crippen LogP contribution < -0.4 is 0 Å². The predicted octanol–water partition coefficient (Wildman–Crippen LogP) is 0.853. The van der Waals surface area contributed by atoms with Gasteiger partial charge in [-0.25, -0.2) is 0 Å². The molecule has 2 N–H and O–H groups in total. The highest BCUT2D eigenvalue weighted by molar-refractivity contribution is 5.29. The molecule has 0 aromatic carbocycles. The summed E-state index contributed by atoms with van der Waals surface area (Å²) < 4.78 is 0. The molecule has 3 nitrogen and oxygen atoms in total. The molecule has 76 valence electrons. The Labute approximate surface area is 83.4 Å². The van der Waals surface area contributed by atoms with E-state index in [1.807, 2.05) is 12.1 Å². The number of nitrogens with zero attached hydrogens (tertiary/aromatic N) is 1. The van der Waals surface area contributed by atoms with Crippen molar-refractivity contribution in [3.8, 4) is 0 Å². The second kappa shape index (κ2) is 3.67. The van der Waals surface area contributed by atoms with E-state index in [-0.39, 0.29) is 5.92 Å². The Balaban J connectivity index is 2.26. The van der Waals surface area contributed by atoms with Crippen molar-refractivity contribution in [3.05, 3.63) is 29.6 Å². The maximum atomic E-state index is 9.78. The van der Waals surface area contributed by atoms with E-state index in [2.05, 4.69) is 4.98 Å². The van der Waals surface area contributed by atoms with Gasteiger partial charge in [0.25, 0.3) is 0 Å². The molecule has 0 aliphatic heterocycles. The van der Waals surface area contributed by atoms with E-state index in [1.165, 1.54) is 5.56 Å². The van der Waals surface area contributed by atoms with E-state index in [4.69, 9.17) is 0 Å². The molecule has 2 rings (SSSR count). The van der Waals surface area contributed by atoms with Crippen molar-refractivity contribution in [3.63, 3.8) is 0 Å². The average molecular weight is 193 g/mol. The Kier molecular flexibility index (Phi) is 2.52. The minimum atomic E-state index is -0.689. The number of hydrogen-bond donors (Lipinski definition) is 2. The van der Waals surface area contributed by atoms with Crippen LogP contribution in [0, 0.1) is 0 Å². The van der Waals surface area contributed by atoms with E-state index in [0.717, 1.165) is 18.5 Å². The standard InChI is InChI=1S/C11H15NO2/c1-7(13)11(14)9-5-4-8-3-2-6-12-10(8)9/h2-3,6-7,9,11,13-14H,4-5H2,1H3. The molecular weight excluding hydrogens is 178 g/mol. The Bertz CT molecular complexity index is 325. The number of aliphatic hydroxyl groups excluding tert-OH is 2. The predicted molar refractivity (Wildman–Crippen MR) is 53.0 cm³/mol. The maximum absolute atomic E-state index is 9.78. The molecule has 3 heteroatoms.